The Labute approximate surface area is 116 Å². The van der Waals surface area contributed by atoms with Crippen molar-refractivity contribution in [3.05, 3.63) is 53.6 Å². The van der Waals surface area contributed by atoms with Crippen LogP contribution in [0.15, 0.2) is 42.5 Å². The molecule has 0 atom stereocenters. The van der Waals surface area contributed by atoms with Gasteiger partial charge in [-0.3, -0.25) is 4.79 Å². The summed E-state index contributed by atoms with van der Waals surface area (Å²) in [5.41, 5.74) is 4.22. The summed E-state index contributed by atoms with van der Waals surface area (Å²) in [6, 6.07) is 13.4. The first-order valence-electron chi connectivity index (χ1n) is 6.37. The highest BCUT2D eigenvalue weighted by Gasteiger charge is 2.09. The molecule has 0 saturated heterocycles. The number of aromatic nitrogens is 3. The third-order valence-electron chi connectivity index (χ3n) is 3.07. The number of anilines is 1. The average Bonchev–Trinajstić information content (AvgIpc) is 2.88. The monoisotopic (exact) mass is 266 g/mol. The minimum Gasteiger partial charge on any atom is -0.324 e. The second-order valence-corrected chi connectivity index (χ2v) is 4.71. The van der Waals surface area contributed by atoms with E-state index in [1.54, 1.807) is 0 Å². The van der Waals surface area contributed by atoms with Crippen molar-refractivity contribution in [2.24, 2.45) is 0 Å². The van der Waals surface area contributed by atoms with E-state index in [1.807, 2.05) is 49.4 Å². The van der Waals surface area contributed by atoms with Gasteiger partial charge in [-0.05, 0) is 24.6 Å². The maximum atomic E-state index is 12.1. The molecule has 0 aliphatic heterocycles. The molecule has 0 spiro atoms. The number of H-pyrrole nitrogens is 1. The summed E-state index contributed by atoms with van der Waals surface area (Å²) in [7, 11) is 0. The third kappa shape index (κ3) is 2.51. The summed E-state index contributed by atoms with van der Waals surface area (Å²) < 4.78 is 0. The molecule has 1 heterocycles. The SMILES string of the molecule is Cc1cccc(CC(=O)Nc2cccc3n[nH]nc23)c1. The van der Waals surface area contributed by atoms with Crippen LogP contribution < -0.4 is 5.32 Å². The lowest BCUT2D eigenvalue weighted by Crippen LogP contribution is -2.14. The molecule has 0 radical (unpaired) electrons. The average molecular weight is 266 g/mol. The van der Waals surface area contributed by atoms with Crippen LogP contribution in [-0.2, 0) is 11.2 Å². The Kier molecular flexibility index (Phi) is 3.16. The van der Waals surface area contributed by atoms with Crippen molar-refractivity contribution < 1.29 is 4.79 Å². The van der Waals surface area contributed by atoms with Gasteiger partial charge in [-0.15, -0.1) is 0 Å². The summed E-state index contributed by atoms with van der Waals surface area (Å²) in [6.07, 6.45) is 0.343. The van der Waals surface area contributed by atoms with E-state index in [9.17, 15) is 4.79 Å². The van der Waals surface area contributed by atoms with Gasteiger partial charge in [-0.25, -0.2) is 0 Å². The summed E-state index contributed by atoms with van der Waals surface area (Å²) in [5, 5.41) is 13.5. The maximum absolute atomic E-state index is 12.1. The normalized spacial score (nSPS) is 10.7. The van der Waals surface area contributed by atoms with Crippen molar-refractivity contribution in [2.75, 3.05) is 5.32 Å². The van der Waals surface area contributed by atoms with E-state index in [2.05, 4.69) is 20.7 Å². The molecule has 0 fully saturated rings. The van der Waals surface area contributed by atoms with Gasteiger partial charge in [0.25, 0.3) is 0 Å². The smallest absolute Gasteiger partial charge is 0.228 e. The first-order chi connectivity index (χ1) is 9.72. The van der Waals surface area contributed by atoms with E-state index in [4.69, 9.17) is 0 Å². The Bertz CT molecular complexity index is 763. The van der Waals surface area contributed by atoms with Crippen molar-refractivity contribution in [1.29, 1.82) is 0 Å². The van der Waals surface area contributed by atoms with Crippen LogP contribution in [0.3, 0.4) is 0 Å². The van der Waals surface area contributed by atoms with E-state index in [1.165, 1.54) is 0 Å². The second-order valence-electron chi connectivity index (χ2n) is 4.71. The number of carbonyl (C=O) groups is 1. The first-order valence-corrected chi connectivity index (χ1v) is 6.37. The number of amides is 1. The number of aromatic amines is 1. The van der Waals surface area contributed by atoms with Gasteiger partial charge in [0.2, 0.25) is 5.91 Å². The molecule has 1 amide bonds. The molecular weight excluding hydrogens is 252 g/mol. The Balaban J connectivity index is 1.77. The molecule has 0 saturated carbocycles. The van der Waals surface area contributed by atoms with E-state index < -0.39 is 0 Å². The predicted octanol–water partition coefficient (Wildman–Crippen LogP) is 2.45. The second kappa shape index (κ2) is 5.13. The molecule has 20 heavy (non-hydrogen) atoms. The lowest BCUT2D eigenvalue weighted by atomic mass is 10.1. The van der Waals surface area contributed by atoms with Crippen molar-refractivity contribution in [3.63, 3.8) is 0 Å². The largest absolute Gasteiger partial charge is 0.324 e. The molecular formula is C15H14N4O. The topological polar surface area (TPSA) is 70.7 Å². The molecule has 0 aliphatic carbocycles. The molecule has 100 valence electrons. The van der Waals surface area contributed by atoms with Crippen molar-refractivity contribution >= 4 is 22.6 Å². The minimum atomic E-state index is -0.0638. The fourth-order valence-electron chi connectivity index (χ4n) is 2.17. The highest BCUT2D eigenvalue weighted by molar-refractivity contribution is 5.99. The number of fused-ring (bicyclic) bond motifs is 1. The Morgan fingerprint density at radius 1 is 1.20 bits per heavy atom. The van der Waals surface area contributed by atoms with Crippen molar-refractivity contribution in [2.45, 2.75) is 13.3 Å². The van der Waals surface area contributed by atoms with Crippen LogP contribution in [0.25, 0.3) is 11.0 Å². The number of benzene rings is 2. The third-order valence-corrected chi connectivity index (χ3v) is 3.07. The first kappa shape index (κ1) is 12.3. The number of nitrogens with one attached hydrogen (secondary N) is 2. The number of rotatable bonds is 3. The zero-order valence-corrected chi connectivity index (χ0v) is 11.1. The molecule has 5 nitrogen and oxygen atoms in total. The Morgan fingerprint density at radius 3 is 2.90 bits per heavy atom. The van der Waals surface area contributed by atoms with Crippen LogP contribution in [0.2, 0.25) is 0 Å². The number of nitrogens with zero attached hydrogens (tertiary/aromatic N) is 2. The van der Waals surface area contributed by atoms with Crippen LogP contribution >= 0.6 is 0 Å². The van der Waals surface area contributed by atoms with Crippen LogP contribution in [0.1, 0.15) is 11.1 Å². The summed E-state index contributed by atoms with van der Waals surface area (Å²) in [6.45, 7) is 2.01. The van der Waals surface area contributed by atoms with Crippen LogP contribution in [0.4, 0.5) is 5.69 Å². The molecule has 5 heteroatoms. The zero-order chi connectivity index (χ0) is 13.9. The molecule has 2 N–H and O–H groups in total. The molecule has 0 aliphatic rings. The van der Waals surface area contributed by atoms with Gasteiger partial charge in [-0.1, -0.05) is 35.9 Å². The molecule has 2 aromatic carbocycles. The predicted molar refractivity (Wildman–Crippen MR) is 77.4 cm³/mol. The van der Waals surface area contributed by atoms with E-state index >= 15 is 0 Å². The van der Waals surface area contributed by atoms with Gasteiger partial charge < -0.3 is 5.32 Å². The van der Waals surface area contributed by atoms with Gasteiger partial charge in [0.05, 0.1) is 12.1 Å². The Hall–Kier alpha value is -2.69. The van der Waals surface area contributed by atoms with E-state index in [-0.39, 0.29) is 5.91 Å². The lowest BCUT2D eigenvalue weighted by molar-refractivity contribution is -0.115. The summed E-state index contributed by atoms with van der Waals surface area (Å²) in [5.74, 6) is -0.0638. The fourth-order valence-corrected chi connectivity index (χ4v) is 2.17. The van der Waals surface area contributed by atoms with Gasteiger partial charge in [-0.2, -0.15) is 15.4 Å². The maximum Gasteiger partial charge on any atom is 0.228 e. The number of aryl methyl sites for hydroxylation is 1. The molecule has 1 aromatic heterocycles. The van der Waals surface area contributed by atoms with Crippen LogP contribution in [0.5, 0.6) is 0 Å². The van der Waals surface area contributed by atoms with Gasteiger partial charge in [0, 0.05) is 0 Å². The number of carbonyl (C=O) groups excluding carboxylic acids is 1. The number of hydrogen-bond acceptors (Lipinski definition) is 3. The molecule has 3 aromatic rings. The lowest BCUT2D eigenvalue weighted by Gasteiger charge is -2.06. The zero-order valence-electron chi connectivity index (χ0n) is 11.1. The Morgan fingerprint density at radius 2 is 2.05 bits per heavy atom. The molecule has 3 rings (SSSR count). The number of para-hydroxylation sites is 1. The summed E-state index contributed by atoms with van der Waals surface area (Å²) in [4.78, 5) is 12.1. The van der Waals surface area contributed by atoms with Crippen molar-refractivity contribution in [3.8, 4) is 0 Å². The van der Waals surface area contributed by atoms with Crippen LogP contribution in [-0.4, -0.2) is 21.3 Å². The summed E-state index contributed by atoms with van der Waals surface area (Å²) >= 11 is 0. The van der Waals surface area contributed by atoms with Crippen molar-refractivity contribution in [1.82, 2.24) is 15.4 Å². The van der Waals surface area contributed by atoms with Gasteiger partial charge in [0.1, 0.15) is 11.0 Å². The standard InChI is InChI=1S/C15H14N4O/c1-10-4-2-5-11(8-10)9-14(20)16-12-6-3-7-13-15(12)18-19-17-13/h2-8H,9H2,1H3,(H,16,20)(H,17,18,19). The number of hydrogen-bond donors (Lipinski definition) is 2. The highest BCUT2D eigenvalue weighted by Crippen LogP contribution is 2.19. The van der Waals surface area contributed by atoms with E-state index in [0.717, 1.165) is 16.6 Å². The van der Waals surface area contributed by atoms with Gasteiger partial charge in [0.15, 0.2) is 0 Å². The quantitative estimate of drug-likeness (QED) is 0.765. The minimum absolute atomic E-state index is 0.0638. The van der Waals surface area contributed by atoms with Crippen LogP contribution in [0, 0.1) is 6.92 Å². The highest BCUT2D eigenvalue weighted by atomic mass is 16.1. The molecule has 0 bridgehead atoms. The van der Waals surface area contributed by atoms with Gasteiger partial charge >= 0.3 is 0 Å². The van der Waals surface area contributed by atoms with E-state index in [0.29, 0.717) is 17.6 Å². The fraction of sp³-hybridized carbons (Fsp3) is 0.133. The molecule has 0 unspecified atom stereocenters.